The fourth-order valence-corrected chi connectivity index (χ4v) is 3.75. The maximum Gasteiger partial charge on any atom is 0.153 e. The summed E-state index contributed by atoms with van der Waals surface area (Å²) in [5, 5.41) is 6.76. The summed E-state index contributed by atoms with van der Waals surface area (Å²) >= 11 is 1.66. The van der Waals surface area contributed by atoms with Gasteiger partial charge in [0.25, 0.3) is 0 Å². The highest BCUT2D eigenvalue weighted by atomic mass is 32.1. The van der Waals surface area contributed by atoms with Gasteiger partial charge in [0.15, 0.2) is 6.29 Å². The number of aromatic nitrogens is 2. The maximum atomic E-state index is 11.3. The molecule has 1 aliphatic carbocycles. The van der Waals surface area contributed by atoms with Crippen LogP contribution in [0.1, 0.15) is 54.1 Å². The molecule has 0 saturated heterocycles. The second-order valence-corrected chi connectivity index (χ2v) is 6.17. The molecule has 100 valence electrons. The molecule has 0 N–H and O–H groups in total. The summed E-state index contributed by atoms with van der Waals surface area (Å²) in [6, 6.07) is 2.55. The number of rotatable bonds is 3. The molecule has 1 aliphatic rings. The van der Waals surface area contributed by atoms with Crippen molar-refractivity contribution in [3.05, 3.63) is 28.8 Å². The van der Waals surface area contributed by atoms with Gasteiger partial charge in [0.2, 0.25) is 0 Å². The van der Waals surface area contributed by atoms with Crippen LogP contribution in [0.15, 0.2) is 17.6 Å². The fourth-order valence-electron chi connectivity index (χ4n) is 2.82. The molecule has 1 saturated carbocycles. The number of hydrogen-bond donors (Lipinski definition) is 0. The smallest absolute Gasteiger partial charge is 0.153 e. The summed E-state index contributed by atoms with van der Waals surface area (Å²) in [7, 11) is 0. The van der Waals surface area contributed by atoms with Crippen molar-refractivity contribution >= 4 is 17.6 Å². The number of thiophene rings is 1. The first-order valence-electron chi connectivity index (χ1n) is 6.88. The van der Waals surface area contributed by atoms with E-state index in [9.17, 15) is 4.79 Å². The Hall–Kier alpha value is -1.42. The van der Waals surface area contributed by atoms with Crippen molar-refractivity contribution in [1.29, 1.82) is 0 Å². The molecule has 0 radical (unpaired) electrons. The Bertz CT molecular complexity index is 579. The zero-order chi connectivity index (χ0) is 13.2. The van der Waals surface area contributed by atoms with Gasteiger partial charge in [-0.3, -0.25) is 9.48 Å². The number of carbonyl (C=O) groups is 1. The lowest BCUT2D eigenvalue weighted by atomic mass is 9.96. The number of nitrogens with zero attached hydrogens (tertiary/aromatic N) is 2. The normalized spacial score (nSPS) is 16.7. The minimum atomic E-state index is 0.474. The predicted octanol–water partition coefficient (Wildman–Crippen LogP) is 4.24. The van der Waals surface area contributed by atoms with Gasteiger partial charge in [-0.25, -0.2) is 0 Å². The van der Waals surface area contributed by atoms with Crippen LogP contribution in [-0.2, 0) is 0 Å². The molecular formula is C15H18N2OS. The highest BCUT2D eigenvalue weighted by molar-refractivity contribution is 7.13. The minimum Gasteiger partial charge on any atom is -0.298 e. The summed E-state index contributed by atoms with van der Waals surface area (Å²) < 4.78 is 2.03. The molecule has 19 heavy (non-hydrogen) atoms. The second-order valence-electron chi connectivity index (χ2n) is 5.26. The van der Waals surface area contributed by atoms with Crippen LogP contribution in [0.3, 0.4) is 0 Å². The predicted molar refractivity (Wildman–Crippen MR) is 77.8 cm³/mol. The van der Waals surface area contributed by atoms with Crippen LogP contribution in [0.5, 0.6) is 0 Å². The first-order chi connectivity index (χ1) is 9.29. The monoisotopic (exact) mass is 274 g/mol. The van der Waals surface area contributed by atoms with Crippen LogP contribution in [-0.4, -0.2) is 16.1 Å². The summed E-state index contributed by atoms with van der Waals surface area (Å²) in [4.78, 5) is 12.4. The molecule has 2 aromatic rings. The van der Waals surface area contributed by atoms with Crippen LogP contribution in [0, 0.1) is 6.92 Å². The zero-order valence-corrected chi connectivity index (χ0v) is 11.9. The van der Waals surface area contributed by atoms with Gasteiger partial charge in [0, 0.05) is 6.20 Å². The Kier molecular flexibility index (Phi) is 3.51. The third kappa shape index (κ3) is 2.37. The molecular weight excluding hydrogens is 256 g/mol. The van der Waals surface area contributed by atoms with Gasteiger partial charge in [-0.2, -0.15) is 5.10 Å². The Morgan fingerprint density at radius 1 is 1.37 bits per heavy atom. The molecule has 1 fully saturated rings. The van der Waals surface area contributed by atoms with E-state index in [1.54, 1.807) is 11.3 Å². The summed E-state index contributed by atoms with van der Waals surface area (Å²) in [6.45, 7) is 2.07. The minimum absolute atomic E-state index is 0.474. The van der Waals surface area contributed by atoms with E-state index in [4.69, 9.17) is 5.10 Å². The molecule has 0 bridgehead atoms. The van der Waals surface area contributed by atoms with Crippen molar-refractivity contribution in [2.24, 2.45) is 0 Å². The van der Waals surface area contributed by atoms with Crippen LogP contribution in [0.2, 0.25) is 0 Å². The highest BCUT2D eigenvalue weighted by Crippen LogP contribution is 2.33. The van der Waals surface area contributed by atoms with E-state index in [0.717, 1.165) is 22.4 Å². The standard InChI is InChI=1S/C15H18N2OS/c1-11-7-8-19-15(11)14-12(10-18)9-17(16-14)13-5-3-2-4-6-13/h7-10,13H,2-6H2,1H3. The molecule has 2 aromatic heterocycles. The Morgan fingerprint density at radius 2 is 2.16 bits per heavy atom. The summed E-state index contributed by atoms with van der Waals surface area (Å²) in [5.74, 6) is 0. The van der Waals surface area contributed by atoms with E-state index < -0.39 is 0 Å². The summed E-state index contributed by atoms with van der Waals surface area (Å²) in [5.41, 5.74) is 2.77. The molecule has 0 atom stereocenters. The third-order valence-electron chi connectivity index (χ3n) is 3.91. The lowest BCUT2D eigenvalue weighted by Crippen LogP contribution is -2.13. The number of aryl methyl sites for hydroxylation is 1. The lowest BCUT2D eigenvalue weighted by molar-refractivity contribution is 0.112. The quantitative estimate of drug-likeness (QED) is 0.785. The van der Waals surface area contributed by atoms with Crippen molar-refractivity contribution < 1.29 is 4.79 Å². The van der Waals surface area contributed by atoms with Crippen molar-refractivity contribution in [2.45, 2.75) is 45.1 Å². The van der Waals surface area contributed by atoms with E-state index in [-0.39, 0.29) is 0 Å². The van der Waals surface area contributed by atoms with Crippen molar-refractivity contribution in [3.63, 3.8) is 0 Å². The fraction of sp³-hybridized carbons (Fsp3) is 0.467. The molecule has 0 spiro atoms. The largest absolute Gasteiger partial charge is 0.298 e. The molecule has 3 rings (SSSR count). The highest BCUT2D eigenvalue weighted by Gasteiger charge is 2.20. The summed E-state index contributed by atoms with van der Waals surface area (Å²) in [6.07, 6.45) is 9.10. The Morgan fingerprint density at radius 3 is 2.79 bits per heavy atom. The molecule has 2 heterocycles. The number of aldehydes is 1. The van der Waals surface area contributed by atoms with Gasteiger partial charge in [-0.15, -0.1) is 11.3 Å². The topological polar surface area (TPSA) is 34.9 Å². The maximum absolute atomic E-state index is 11.3. The van der Waals surface area contributed by atoms with E-state index in [1.807, 2.05) is 10.9 Å². The second kappa shape index (κ2) is 5.29. The van der Waals surface area contributed by atoms with Gasteiger partial charge in [0.1, 0.15) is 5.69 Å². The Labute approximate surface area is 117 Å². The van der Waals surface area contributed by atoms with Gasteiger partial charge in [-0.05, 0) is 36.8 Å². The van der Waals surface area contributed by atoms with E-state index in [0.29, 0.717) is 6.04 Å². The van der Waals surface area contributed by atoms with E-state index in [2.05, 4.69) is 18.4 Å². The average molecular weight is 274 g/mol. The molecule has 0 amide bonds. The number of hydrogen-bond acceptors (Lipinski definition) is 3. The molecule has 4 heteroatoms. The molecule has 0 aliphatic heterocycles. The van der Waals surface area contributed by atoms with Gasteiger partial charge in [0.05, 0.1) is 16.5 Å². The van der Waals surface area contributed by atoms with Gasteiger partial charge in [-0.1, -0.05) is 19.3 Å². The van der Waals surface area contributed by atoms with Crippen LogP contribution in [0.4, 0.5) is 0 Å². The van der Waals surface area contributed by atoms with Crippen LogP contribution in [0.25, 0.3) is 10.6 Å². The van der Waals surface area contributed by atoms with E-state index in [1.165, 1.54) is 37.7 Å². The van der Waals surface area contributed by atoms with Crippen LogP contribution >= 0.6 is 11.3 Å². The molecule has 3 nitrogen and oxygen atoms in total. The third-order valence-corrected chi connectivity index (χ3v) is 4.94. The first-order valence-corrected chi connectivity index (χ1v) is 7.76. The average Bonchev–Trinajstić information content (AvgIpc) is 3.05. The van der Waals surface area contributed by atoms with Gasteiger partial charge >= 0.3 is 0 Å². The van der Waals surface area contributed by atoms with Crippen molar-refractivity contribution in [3.8, 4) is 10.6 Å². The van der Waals surface area contributed by atoms with Gasteiger partial charge < -0.3 is 0 Å². The number of carbonyl (C=O) groups excluding carboxylic acids is 1. The molecule has 0 aromatic carbocycles. The van der Waals surface area contributed by atoms with Crippen molar-refractivity contribution in [1.82, 2.24) is 9.78 Å². The molecule has 0 unspecified atom stereocenters. The first kappa shape index (κ1) is 12.6. The van der Waals surface area contributed by atoms with Crippen molar-refractivity contribution in [2.75, 3.05) is 0 Å². The van der Waals surface area contributed by atoms with E-state index >= 15 is 0 Å². The van der Waals surface area contributed by atoms with Crippen LogP contribution < -0.4 is 0 Å². The lowest BCUT2D eigenvalue weighted by Gasteiger charge is -2.21. The Balaban J connectivity index is 1.98. The SMILES string of the molecule is Cc1ccsc1-c1nn(C2CCCCC2)cc1C=O. The zero-order valence-electron chi connectivity index (χ0n) is 11.1.